The van der Waals surface area contributed by atoms with Gasteiger partial charge in [0.15, 0.2) is 11.5 Å². The van der Waals surface area contributed by atoms with Crippen molar-refractivity contribution in [2.75, 3.05) is 21.3 Å². The summed E-state index contributed by atoms with van der Waals surface area (Å²) in [4.78, 5) is 10.6. The van der Waals surface area contributed by atoms with Gasteiger partial charge in [0.05, 0.1) is 26.9 Å². The SMILES string of the molecule is COc1ccc(OC)c(C(N)CCC(=O)O)c1OC. The first-order chi connectivity index (χ1) is 9.04. The van der Waals surface area contributed by atoms with E-state index in [1.807, 2.05) is 0 Å². The number of ether oxygens (including phenoxy) is 3. The molecule has 0 bridgehead atoms. The number of rotatable bonds is 7. The van der Waals surface area contributed by atoms with Crippen molar-refractivity contribution in [3.05, 3.63) is 17.7 Å². The van der Waals surface area contributed by atoms with E-state index in [9.17, 15) is 4.79 Å². The maximum Gasteiger partial charge on any atom is 0.303 e. The van der Waals surface area contributed by atoms with Gasteiger partial charge in [0.25, 0.3) is 0 Å². The molecule has 0 fully saturated rings. The second-order valence-electron chi connectivity index (χ2n) is 3.96. The molecule has 1 atom stereocenters. The number of carboxylic acids is 1. The summed E-state index contributed by atoms with van der Waals surface area (Å²) in [6.07, 6.45) is 0.264. The molecule has 6 heteroatoms. The molecule has 0 heterocycles. The minimum Gasteiger partial charge on any atom is -0.496 e. The number of methoxy groups -OCH3 is 3. The summed E-state index contributed by atoms with van der Waals surface area (Å²) in [6, 6.07) is 2.93. The second-order valence-corrected chi connectivity index (χ2v) is 3.96. The lowest BCUT2D eigenvalue weighted by Crippen LogP contribution is -2.15. The lowest BCUT2D eigenvalue weighted by atomic mass is 10.00. The average Bonchev–Trinajstić information content (AvgIpc) is 2.42. The van der Waals surface area contributed by atoms with Crippen LogP contribution in [0, 0.1) is 0 Å². The largest absolute Gasteiger partial charge is 0.496 e. The Balaban J connectivity index is 3.16. The predicted octanol–water partition coefficient (Wildman–Crippen LogP) is 1.58. The van der Waals surface area contributed by atoms with Crippen molar-refractivity contribution < 1.29 is 24.1 Å². The van der Waals surface area contributed by atoms with Crippen molar-refractivity contribution >= 4 is 5.97 Å². The summed E-state index contributed by atoms with van der Waals surface area (Å²) in [5, 5.41) is 8.72. The normalized spacial score (nSPS) is 11.8. The number of hydrogen-bond acceptors (Lipinski definition) is 5. The molecule has 0 aliphatic carbocycles. The molecule has 1 rings (SSSR count). The highest BCUT2D eigenvalue weighted by atomic mass is 16.5. The maximum absolute atomic E-state index is 10.6. The van der Waals surface area contributed by atoms with Crippen LogP contribution in [0.15, 0.2) is 12.1 Å². The van der Waals surface area contributed by atoms with Gasteiger partial charge < -0.3 is 25.1 Å². The number of aliphatic carboxylic acids is 1. The standard InChI is InChI=1S/C13H19NO5/c1-17-9-5-6-10(18-2)13(19-3)12(9)8(14)4-7-11(15)16/h5-6,8H,4,7,14H2,1-3H3,(H,15,16). The van der Waals surface area contributed by atoms with E-state index in [4.69, 9.17) is 25.1 Å². The lowest BCUT2D eigenvalue weighted by molar-refractivity contribution is -0.137. The van der Waals surface area contributed by atoms with E-state index in [0.717, 1.165) is 0 Å². The number of carbonyl (C=O) groups is 1. The minimum absolute atomic E-state index is 0.0231. The van der Waals surface area contributed by atoms with Gasteiger partial charge in [-0.15, -0.1) is 0 Å². The number of hydrogen-bond donors (Lipinski definition) is 2. The van der Waals surface area contributed by atoms with Crippen LogP contribution in [-0.2, 0) is 4.79 Å². The topological polar surface area (TPSA) is 91.0 Å². The highest BCUT2D eigenvalue weighted by molar-refractivity contribution is 5.67. The van der Waals surface area contributed by atoms with E-state index in [1.165, 1.54) is 21.3 Å². The van der Waals surface area contributed by atoms with Gasteiger partial charge >= 0.3 is 5.97 Å². The number of nitrogens with two attached hydrogens (primary N) is 1. The summed E-state index contributed by atoms with van der Waals surface area (Å²) in [5.74, 6) is 0.663. The summed E-state index contributed by atoms with van der Waals surface area (Å²) < 4.78 is 15.8. The van der Waals surface area contributed by atoms with Crippen LogP contribution in [0.4, 0.5) is 0 Å². The van der Waals surface area contributed by atoms with Gasteiger partial charge in [-0.05, 0) is 18.6 Å². The number of benzene rings is 1. The van der Waals surface area contributed by atoms with Crippen LogP contribution in [-0.4, -0.2) is 32.4 Å². The molecule has 106 valence electrons. The summed E-state index contributed by atoms with van der Waals surface area (Å²) in [6.45, 7) is 0. The molecule has 3 N–H and O–H groups in total. The fourth-order valence-electron chi connectivity index (χ4n) is 1.89. The Morgan fingerprint density at radius 2 is 1.79 bits per heavy atom. The summed E-state index contributed by atoms with van der Waals surface area (Å²) in [5.41, 5.74) is 6.66. The van der Waals surface area contributed by atoms with Gasteiger partial charge in [0.1, 0.15) is 5.75 Å². The molecular formula is C13H19NO5. The molecule has 0 saturated carbocycles. The van der Waals surface area contributed by atoms with E-state index in [0.29, 0.717) is 22.8 Å². The molecular weight excluding hydrogens is 250 g/mol. The van der Waals surface area contributed by atoms with Crippen LogP contribution in [0.5, 0.6) is 17.2 Å². The molecule has 1 aromatic carbocycles. The third-order valence-corrected chi connectivity index (χ3v) is 2.80. The van der Waals surface area contributed by atoms with Crippen molar-refractivity contribution in [1.82, 2.24) is 0 Å². The van der Waals surface area contributed by atoms with Gasteiger partial charge in [-0.25, -0.2) is 0 Å². The highest BCUT2D eigenvalue weighted by Crippen LogP contribution is 2.41. The first-order valence-corrected chi connectivity index (χ1v) is 5.81. The fraction of sp³-hybridized carbons (Fsp3) is 0.462. The Morgan fingerprint density at radius 1 is 1.21 bits per heavy atom. The van der Waals surface area contributed by atoms with Gasteiger partial charge in [0.2, 0.25) is 0 Å². The zero-order valence-corrected chi connectivity index (χ0v) is 11.3. The first-order valence-electron chi connectivity index (χ1n) is 5.81. The van der Waals surface area contributed by atoms with Crippen molar-refractivity contribution in [2.45, 2.75) is 18.9 Å². The van der Waals surface area contributed by atoms with Gasteiger partial charge in [-0.2, -0.15) is 0 Å². The van der Waals surface area contributed by atoms with E-state index < -0.39 is 12.0 Å². The van der Waals surface area contributed by atoms with Crippen molar-refractivity contribution in [3.63, 3.8) is 0 Å². The molecule has 1 aromatic rings. The maximum atomic E-state index is 10.6. The molecule has 0 amide bonds. The van der Waals surface area contributed by atoms with Crippen molar-refractivity contribution in [2.24, 2.45) is 5.73 Å². The molecule has 1 unspecified atom stereocenters. The van der Waals surface area contributed by atoms with Crippen molar-refractivity contribution in [3.8, 4) is 17.2 Å². The molecule has 0 radical (unpaired) electrons. The Morgan fingerprint density at radius 3 is 2.26 bits per heavy atom. The molecule has 0 aliphatic heterocycles. The zero-order valence-electron chi connectivity index (χ0n) is 11.3. The van der Waals surface area contributed by atoms with Gasteiger partial charge in [-0.3, -0.25) is 4.79 Å². The Kier molecular flexibility index (Phi) is 5.44. The van der Waals surface area contributed by atoms with Crippen LogP contribution in [0.3, 0.4) is 0 Å². The minimum atomic E-state index is -0.892. The Hall–Kier alpha value is -1.95. The van der Waals surface area contributed by atoms with Gasteiger partial charge in [0, 0.05) is 12.5 Å². The molecule has 0 aromatic heterocycles. The molecule has 19 heavy (non-hydrogen) atoms. The second kappa shape index (κ2) is 6.84. The van der Waals surface area contributed by atoms with Crippen LogP contribution in [0.25, 0.3) is 0 Å². The fourth-order valence-corrected chi connectivity index (χ4v) is 1.89. The predicted molar refractivity (Wildman–Crippen MR) is 69.9 cm³/mol. The van der Waals surface area contributed by atoms with E-state index in [2.05, 4.69) is 0 Å². The summed E-state index contributed by atoms with van der Waals surface area (Å²) >= 11 is 0. The van der Waals surface area contributed by atoms with Crippen LogP contribution in [0.1, 0.15) is 24.4 Å². The number of carboxylic acid groups (broad SMARTS) is 1. The van der Waals surface area contributed by atoms with Crippen LogP contribution in [0.2, 0.25) is 0 Å². The van der Waals surface area contributed by atoms with E-state index in [1.54, 1.807) is 12.1 Å². The van der Waals surface area contributed by atoms with Gasteiger partial charge in [-0.1, -0.05) is 0 Å². The lowest BCUT2D eigenvalue weighted by Gasteiger charge is -2.20. The smallest absolute Gasteiger partial charge is 0.303 e. The van der Waals surface area contributed by atoms with Crippen LogP contribution < -0.4 is 19.9 Å². The van der Waals surface area contributed by atoms with Crippen molar-refractivity contribution in [1.29, 1.82) is 0 Å². The first kappa shape index (κ1) is 15.1. The Bertz CT molecular complexity index is 447. The highest BCUT2D eigenvalue weighted by Gasteiger charge is 2.22. The molecule has 6 nitrogen and oxygen atoms in total. The third kappa shape index (κ3) is 3.51. The zero-order chi connectivity index (χ0) is 14.4. The quantitative estimate of drug-likeness (QED) is 0.781. The van der Waals surface area contributed by atoms with Crippen LogP contribution >= 0.6 is 0 Å². The monoisotopic (exact) mass is 269 g/mol. The molecule has 0 aliphatic rings. The van der Waals surface area contributed by atoms with E-state index >= 15 is 0 Å². The summed E-state index contributed by atoms with van der Waals surface area (Å²) in [7, 11) is 4.55. The molecule has 0 saturated heterocycles. The third-order valence-electron chi connectivity index (χ3n) is 2.80. The van der Waals surface area contributed by atoms with E-state index in [-0.39, 0.29) is 12.8 Å². The molecule has 0 spiro atoms. The average molecular weight is 269 g/mol. The Labute approximate surface area is 112 Å².